The van der Waals surface area contributed by atoms with E-state index in [0.29, 0.717) is 30.3 Å². The number of hydrogen-bond acceptors (Lipinski definition) is 5. The molecule has 0 radical (unpaired) electrons. The second-order valence-corrected chi connectivity index (χ2v) is 4.50. The molecule has 0 N–H and O–H groups in total. The highest BCUT2D eigenvalue weighted by Gasteiger charge is 2.14. The van der Waals surface area contributed by atoms with Gasteiger partial charge in [0.25, 0.3) is 0 Å². The van der Waals surface area contributed by atoms with Gasteiger partial charge < -0.3 is 14.2 Å². The number of carbonyl (C=O) groups is 1. The van der Waals surface area contributed by atoms with E-state index in [9.17, 15) is 4.79 Å². The lowest BCUT2D eigenvalue weighted by atomic mass is 10.2. The van der Waals surface area contributed by atoms with Gasteiger partial charge in [-0.1, -0.05) is 17.3 Å². The summed E-state index contributed by atoms with van der Waals surface area (Å²) in [5, 5.41) is 3.93. The fraction of sp³-hybridized carbons (Fsp3) is 0.357. The summed E-state index contributed by atoms with van der Waals surface area (Å²) in [5.41, 5.74) is 0.768. The molecule has 2 aromatic rings. The van der Waals surface area contributed by atoms with Crippen LogP contribution in [0.4, 0.5) is 0 Å². The van der Waals surface area contributed by atoms with Crippen LogP contribution in [0.2, 0.25) is 0 Å². The van der Waals surface area contributed by atoms with Crippen molar-refractivity contribution in [1.82, 2.24) is 15.0 Å². The molecule has 6 heteroatoms. The molecule has 0 saturated carbocycles. The molecule has 20 heavy (non-hydrogen) atoms. The van der Waals surface area contributed by atoms with E-state index in [-0.39, 0.29) is 5.91 Å². The minimum absolute atomic E-state index is 0.0297. The Bertz CT molecular complexity index is 593. The first-order valence-electron chi connectivity index (χ1n) is 6.28. The highest BCUT2D eigenvalue weighted by Crippen LogP contribution is 2.27. The Kier molecular flexibility index (Phi) is 4.34. The Morgan fingerprint density at radius 1 is 1.35 bits per heavy atom. The first kappa shape index (κ1) is 14.0. The molecular formula is C14H17N3O3. The number of hydrogen-bond donors (Lipinski definition) is 0. The van der Waals surface area contributed by atoms with Gasteiger partial charge in [0, 0.05) is 26.9 Å². The van der Waals surface area contributed by atoms with Crippen LogP contribution in [0, 0.1) is 0 Å². The molecule has 0 saturated heterocycles. The Morgan fingerprint density at radius 3 is 2.80 bits per heavy atom. The second-order valence-electron chi connectivity index (χ2n) is 4.50. The minimum Gasteiger partial charge on any atom is -0.496 e. The van der Waals surface area contributed by atoms with Crippen LogP contribution in [0.15, 0.2) is 28.8 Å². The lowest BCUT2D eigenvalue weighted by molar-refractivity contribution is -0.128. The van der Waals surface area contributed by atoms with Crippen molar-refractivity contribution in [2.24, 2.45) is 0 Å². The van der Waals surface area contributed by atoms with Crippen molar-refractivity contribution in [1.29, 1.82) is 0 Å². The summed E-state index contributed by atoms with van der Waals surface area (Å²) in [5.74, 6) is 1.63. The number of aromatic nitrogens is 2. The van der Waals surface area contributed by atoms with Crippen LogP contribution in [0.5, 0.6) is 5.75 Å². The summed E-state index contributed by atoms with van der Waals surface area (Å²) < 4.78 is 10.4. The van der Waals surface area contributed by atoms with Gasteiger partial charge >= 0.3 is 0 Å². The monoisotopic (exact) mass is 275 g/mol. The van der Waals surface area contributed by atoms with E-state index in [0.717, 1.165) is 5.56 Å². The van der Waals surface area contributed by atoms with E-state index in [1.54, 1.807) is 21.2 Å². The predicted octanol–water partition coefficient (Wildman–Crippen LogP) is 1.77. The molecule has 1 amide bonds. The molecule has 0 aliphatic carbocycles. The maximum absolute atomic E-state index is 11.5. The van der Waals surface area contributed by atoms with Crippen molar-refractivity contribution in [2.75, 3.05) is 21.2 Å². The maximum Gasteiger partial charge on any atom is 0.227 e. The molecule has 106 valence electrons. The third-order valence-corrected chi connectivity index (χ3v) is 2.87. The Morgan fingerprint density at radius 2 is 2.10 bits per heavy atom. The summed E-state index contributed by atoms with van der Waals surface area (Å²) in [6.45, 7) is 0. The third-order valence-electron chi connectivity index (χ3n) is 2.87. The highest BCUT2D eigenvalue weighted by molar-refractivity contribution is 5.75. The Hall–Kier alpha value is -2.37. The molecule has 1 aromatic heterocycles. The van der Waals surface area contributed by atoms with E-state index in [4.69, 9.17) is 9.26 Å². The van der Waals surface area contributed by atoms with Gasteiger partial charge in [-0.05, 0) is 12.1 Å². The molecule has 0 bridgehead atoms. The number of para-hydroxylation sites is 1. The maximum atomic E-state index is 11.5. The number of rotatable bonds is 5. The van der Waals surface area contributed by atoms with Crippen molar-refractivity contribution < 1.29 is 14.1 Å². The predicted molar refractivity (Wildman–Crippen MR) is 73.3 cm³/mol. The van der Waals surface area contributed by atoms with Crippen molar-refractivity contribution in [3.05, 3.63) is 30.2 Å². The van der Waals surface area contributed by atoms with E-state index in [2.05, 4.69) is 10.1 Å². The van der Waals surface area contributed by atoms with Crippen molar-refractivity contribution in [2.45, 2.75) is 12.8 Å². The Balaban J connectivity index is 2.11. The molecule has 6 nitrogen and oxygen atoms in total. The second kappa shape index (κ2) is 6.18. The van der Waals surface area contributed by atoms with Gasteiger partial charge in [0.1, 0.15) is 5.75 Å². The minimum atomic E-state index is 0.0297. The van der Waals surface area contributed by atoms with Gasteiger partial charge in [-0.3, -0.25) is 4.79 Å². The van der Waals surface area contributed by atoms with Crippen LogP contribution in [-0.2, 0) is 11.2 Å². The smallest absolute Gasteiger partial charge is 0.227 e. The van der Waals surface area contributed by atoms with Crippen LogP contribution >= 0.6 is 0 Å². The Labute approximate surface area is 117 Å². The molecule has 0 aliphatic rings. The van der Waals surface area contributed by atoms with Crippen LogP contribution in [0.25, 0.3) is 11.4 Å². The molecule has 0 spiro atoms. The molecule has 0 fully saturated rings. The quantitative estimate of drug-likeness (QED) is 0.831. The van der Waals surface area contributed by atoms with Crippen LogP contribution in [0.3, 0.4) is 0 Å². The number of nitrogens with zero attached hydrogens (tertiary/aromatic N) is 3. The van der Waals surface area contributed by atoms with E-state index >= 15 is 0 Å². The summed E-state index contributed by atoms with van der Waals surface area (Å²) in [6.07, 6.45) is 0.778. The lowest BCUT2D eigenvalue weighted by Gasteiger charge is -2.07. The average Bonchev–Trinajstić information content (AvgIpc) is 2.93. The summed E-state index contributed by atoms with van der Waals surface area (Å²) >= 11 is 0. The third kappa shape index (κ3) is 3.14. The summed E-state index contributed by atoms with van der Waals surface area (Å²) in [4.78, 5) is 17.3. The summed E-state index contributed by atoms with van der Waals surface area (Å²) in [7, 11) is 5.03. The molecule has 0 aliphatic heterocycles. The van der Waals surface area contributed by atoms with Crippen molar-refractivity contribution in [3.8, 4) is 17.1 Å². The molecular weight excluding hydrogens is 258 g/mol. The number of amides is 1. The van der Waals surface area contributed by atoms with Crippen molar-refractivity contribution in [3.63, 3.8) is 0 Å². The van der Waals surface area contributed by atoms with Gasteiger partial charge in [0.15, 0.2) is 0 Å². The standard InChI is InChI=1S/C14H17N3O3/c1-17(2)13(18)9-8-12-15-14(16-20-12)10-6-4-5-7-11(10)19-3/h4-7H,8-9H2,1-3H3. The van der Waals surface area contributed by atoms with Gasteiger partial charge in [0.05, 0.1) is 12.7 Å². The van der Waals surface area contributed by atoms with Gasteiger partial charge in [0.2, 0.25) is 17.6 Å². The van der Waals surface area contributed by atoms with E-state index in [1.807, 2.05) is 24.3 Å². The fourth-order valence-corrected chi connectivity index (χ4v) is 1.73. The van der Waals surface area contributed by atoms with Gasteiger partial charge in [-0.2, -0.15) is 4.98 Å². The molecule has 0 atom stereocenters. The molecule has 1 aromatic carbocycles. The zero-order valence-electron chi connectivity index (χ0n) is 11.8. The zero-order valence-corrected chi connectivity index (χ0v) is 11.8. The SMILES string of the molecule is COc1ccccc1-c1noc(CCC(=O)N(C)C)n1. The molecule has 1 heterocycles. The number of benzene rings is 1. The first-order chi connectivity index (χ1) is 9.61. The topological polar surface area (TPSA) is 68.5 Å². The fourth-order valence-electron chi connectivity index (χ4n) is 1.73. The summed E-state index contributed by atoms with van der Waals surface area (Å²) in [6, 6.07) is 7.45. The molecule has 2 rings (SSSR count). The van der Waals surface area contributed by atoms with Crippen LogP contribution in [-0.4, -0.2) is 42.2 Å². The van der Waals surface area contributed by atoms with Gasteiger partial charge in [-0.15, -0.1) is 0 Å². The average molecular weight is 275 g/mol. The number of aryl methyl sites for hydroxylation is 1. The van der Waals surface area contributed by atoms with E-state index < -0.39 is 0 Å². The van der Waals surface area contributed by atoms with Gasteiger partial charge in [-0.25, -0.2) is 0 Å². The lowest BCUT2D eigenvalue weighted by Crippen LogP contribution is -2.21. The van der Waals surface area contributed by atoms with Crippen LogP contribution < -0.4 is 4.74 Å². The number of carbonyl (C=O) groups excluding carboxylic acids is 1. The highest BCUT2D eigenvalue weighted by atomic mass is 16.5. The number of methoxy groups -OCH3 is 1. The first-order valence-corrected chi connectivity index (χ1v) is 6.28. The largest absolute Gasteiger partial charge is 0.496 e. The van der Waals surface area contributed by atoms with Crippen LogP contribution in [0.1, 0.15) is 12.3 Å². The van der Waals surface area contributed by atoms with Crippen molar-refractivity contribution >= 4 is 5.91 Å². The molecule has 0 unspecified atom stereocenters. The zero-order chi connectivity index (χ0) is 14.5. The number of ether oxygens (including phenoxy) is 1. The van der Waals surface area contributed by atoms with E-state index in [1.165, 1.54) is 4.90 Å². The normalized spacial score (nSPS) is 10.3.